The van der Waals surface area contributed by atoms with Crippen LogP contribution >= 0.6 is 0 Å². The van der Waals surface area contributed by atoms with Crippen LogP contribution in [0.1, 0.15) is 21.6 Å². The summed E-state index contributed by atoms with van der Waals surface area (Å²) in [6.45, 7) is 4.68. The van der Waals surface area contributed by atoms with Gasteiger partial charge in [0.2, 0.25) is 0 Å². The number of carbonyl (C=O) groups excluding carboxylic acids is 1. The van der Waals surface area contributed by atoms with Crippen LogP contribution in [0.15, 0.2) is 42.5 Å². The molecule has 1 aromatic heterocycles. The molecule has 3 N–H and O–H groups in total. The van der Waals surface area contributed by atoms with E-state index in [0.717, 1.165) is 38.4 Å². The van der Waals surface area contributed by atoms with E-state index in [9.17, 15) is 9.18 Å². The predicted octanol–water partition coefficient (Wildman–Crippen LogP) is 2.14. The number of benzene rings is 2. The van der Waals surface area contributed by atoms with Crippen LogP contribution in [0.25, 0.3) is 0 Å². The second kappa shape index (κ2) is 9.75. The maximum atomic E-state index is 13.6. The van der Waals surface area contributed by atoms with Gasteiger partial charge in [0.1, 0.15) is 0 Å². The number of nitrogen functional groups attached to an aromatic ring is 1. The van der Waals surface area contributed by atoms with Crippen molar-refractivity contribution in [1.29, 1.82) is 0 Å². The molecule has 3 aromatic rings. The molecule has 32 heavy (non-hydrogen) atoms. The van der Waals surface area contributed by atoms with Crippen molar-refractivity contribution >= 4 is 17.4 Å². The quantitative estimate of drug-likeness (QED) is 0.580. The maximum absolute atomic E-state index is 13.6. The van der Waals surface area contributed by atoms with Crippen molar-refractivity contribution in [3.63, 3.8) is 0 Å². The molecule has 1 fully saturated rings. The molecule has 0 atom stereocenters. The third kappa shape index (κ3) is 5.04. The van der Waals surface area contributed by atoms with Gasteiger partial charge in [-0.15, -0.1) is 5.10 Å². The lowest BCUT2D eigenvalue weighted by molar-refractivity contribution is 0.0342. The zero-order valence-electron chi connectivity index (χ0n) is 17.8. The van der Waals surface area contributed by atoms with Gasteiger partial charge in [-0.05, 0) is 23.3 Å². The summed E-state index contributed by atoms with van der Waals surface area (Å²) in [6.07, 6.45) is 0. The lowest BCUT2D eigenvalue weighted by atomic mass is 10.1. The molecule has 0 spiro atoms. The number of aromatic nitrogens is 3. The monoisotopic (exact) mass is 440 g/mol. The highest BCUT2D eigenvalue weighted by Gasteiger charge is 2.18. The largest absolute Gasteiger partial charge is 0.494 e. The number of ether oxygens (including phenoxy) is 2. The molecule has 1 saturated heterocycles. The molecular formula is C22H25FN6O3. The number of nitrogens with one attached hydrogen (secondary N) is 1. The van der Waals surface area contributed by atoms with Gasteiger partial charge in [0.05, 0.1) is 26.9 Å². The van der Waals surface area contributed by atoms with E-state index in [0.29, 0.717) is 12.2 Å². The molecule has 9 nitrogen and oxygen atoms in total. The number of hydrogen-bond donors (Lipinski definition) is 2. The zero-order valence-corrected chi connectivity index (χ0v) is 17.8. The lowest BCUT2D eigenvalue weighted by Crippen LogP contribution is -2.35. The zero-order chi connectivity index (χ0) is 22.5. The van der Waals surface area contributed by atoms with Gasteiger partial charge in [0, 0.05) is 31.4 Å². The number of morpholine rings is 1. The first-order valence-corrected chi connectivity index (χ1v) is 10.3. The second-order valence-electron chi connectivity index (χ2n) is 7.49. The summed E-state index contributed by atoms with van der Waals surface area (Å²) >= 11 is 0. The molecular weight excluding hydrogens is 415 g/mol. The van der Waals surface area contributed by atoms with E-state index in [1.807, 2.05) is 12.1 Å². The summed E-state index contributed by atoms with van der Waals surface area (Å²) < 4.78 is 25.3. The Morgan fingerprint density at radius 1 is 1.16 bits per heavy atom. The number of carbonyl (C=O) groups is 1. The Balaban J connectivity index is 1.39. The molecule has 0 saturated carbocycles. The fraction of sp³-hybridized carbons (Fsp3) is 0.318. The van der Waals surface area contributed by atoms with Crippen molar-refractivity contribution in [2.24, 2.45) is 0 Å². The number of amides is 1. The SMILES string of the molecule is COc1cc(NC(=O)c2nnn(Cc3ccc(CN4CCOCC4)cc3)c2N)ccc1F. The van der Waals surface area contributed by atoms with Crippen molar-refractivity contribution in [3.05, 3.63) is 65.1 Å². The van der Waals surface area contributed by atoms with E-state index in [1.54, 1.807) is 0 Å². The molecule has 1 amide bonds. The standard InChI is InChI=1S/C22H25FN6O3/c1-31-19-12-17(6-7-18(19)23)25-22(30)20-21(24)29(27-26-20)14-16-4-2-15(3-5-16)13-28-8-10-32-11-9-28/h2-7,12H,8-11,13-14,24H2,1H3,(H,25,30). The average Bonchev–Trinajstić information content (AvgIpc) is 3.17. The molecule has 0 radical (unpaired) electrons. The van der Waals surface area contributed by atoms with Crippen LogP contribution in [0.5, 0.6) is 5.75 Å². The Morgan fingerprint density at radius 2 is 1.84 bits per heavy atom. The van der Waals surface area contributed by atoms with Gasteiger partial charge in [0.15, 0.2) is 23.1 Å². The number of anilines is 2. The highest BCUT2D eigenvalue weighted by molar-refractivity contribution is 6.05. The van der Waals surface area contributed by atoms with Crippen LogP contribution < -0.4 is 15.8 Å². The average molecular weight is 440 g/mol. The van der Waals surface area contributed by atoms with Gasteiger partial charge in [0.25, 0.3) is 5.91 Å². The minimum atomic E-state index is -0.539. The Morgan fingerprint density at radius 3 is 2.53 bits per heavy atom. The van der Waals surface area contributed by atoms with Crippen molar-refractivity contribution in [2.75, 3.05) is 44.5 Å². The van der Waals surface area contributed by atoms with Crippen LogP contribution in [-0.4, -0.2) is 59.2 Å². The Kier molecular flexibility index (Phi) is 6.62. The first-order valence-electron chi connectivity index (χ1n) is 10.3. The molecule has 2 aromatic carbocycles. The van der Waals surface area contributed by atoms with Gasteiger partial charge in [-0.2, -0.15) is 0 Å². The summed E-state index contributed by atoms with van der Waals surface area (Å²) in [5.41, 5.74) is 8.68. The molecule has 10 heteroatoms. The Hall–Kier alpha value is -3.50. The molecule has 168 valence electrons. The van der Waals surface area contributed by atoms with Crippen molar-refractivity contribution in [3.8, 4) is 5.75 Å². The number of rotatable bonds is 7. The van der Waals surface area contributed by atoms with E-state index >= 15 is 0 Å². The van der Waals surface area contributed by atoms with E-state index in [-0.39, 0.29) is 17.3 Å². The van der Waals surface area contributed by atoms with Gasteiger partial charge >= 0.3 is 0 Å². The number of halogens is 1. The van der Waals surface area contributed by atoms with E-state index < -0.39 is 11.7 Å². The number of methoxy groups -OCH3 is 1. The third-order valence-electron chi connectivity index (χ3n) is 5.26. The first-order chi connectivity index (χ1) is 15.5. The molecule has 1 aliphatic rings. The van der Waals surface area contributed by atoms with Crippen LogP contribution in [0.2, 0.25) is 0 Å². The topological polar surface area (TPSA) is 108 Å². The summed E-state index contributed by atoms with van der Waals surface area (Å²) in [6, 6.07) is 12.2. The lowest BCUT2D eigenvalue weighted by Gasteiger charge is -2.26. The molecule has 2 heterocycles. The number of nitrogens with two attached hydrogens (primary N) is 1. The molecule has 0 bridgehead atoms. The first kappa shape index (κ1) is 21.7. The number of nitrogens with zero attached hydrogens (tertiary/aromatic N) is 4. The maximum Gasteiger partial charge on any atom is 0.280 e. The molecule has 0 unspecified atom stereocenters. The summed E-state index contributed by atoms with van der Waals surface area (Å²) in [7, 11) is 1.35. The summed E-state index contributed by atoms with van der Waals surface area (Å²) in [5.74, 6) is -0.888. The highest BCUT2D eigenvalue weighted by Crippen LogP contribution is 2.22. The third-order valence-corrected chi connectivity index (χ3v) is 5.26. The van der Waals surface area contributed by atoms with Crippen LogP contribution in [0.3, 0.4) is 0 Å². The second-order valence-corrected chi connectivity index (χ2v) is 7.49. The normalized spacial score (nSPS) is 14.3. The van der Waals surface area contributed by atoms with Crippen molar-refractivity contribution in [2.45, 2.75) is 13.1 Å². The van der Waals surface area contributed by atoms with Gasteiger partial charge in [-0.1, -0.05) is 29.5 Å². The van der Waals surface area contributed by atoms with Gasteiger partial charge in [-0.3, -0.25) is 9.69 Å². The molecule has 0 aliphatic carbocycles. The van der Waals surface area contributed by atoms with Crippen LogP contribution in [0.4, 0.5) is 15.9 Å². The van der Waals surface area contributed by atoms with Crippen LogP contribution in [-0.2, 0) is 17.8 Å². The minimum absolute atomic E-state index is 0.00257. The van der Waals surface area contributed by atoms with E-state index in [2.05, 4.69) is 32.7 Å². The van der Waals surface area contributed by atoms with Gasteiger partial charge < -0.3 is 20.5 Å². The predicted molar refractivity (Wildman–Crippen MR) is 117 cm³/mol. The minimum Gasteiger partial charge on any atom is -0.494 e. The highest BCUT2D eigenvalue weighted by atomic mass is 19.1. The molecule has 1 aliphatic heterocycles. The Bertz CT molecular complexity index is 1080. The van der Waals surface area contributed by atoms with Crippen LogP contribution in [0, 0.1) is 5.82 Å². The number of hydrogen-bond acceptors (Lipinski definition) is 7. The Labute approximate surface area is 184 Å². The smallest absolute Gasteiger partial charge is 0.280 e. The fourth-order valence-electron chi connectivity index (χ4n) is 3.47. The van der Waals surface area contributed by atoms with Crippen molar-refractivity contribution in [1.82, 2.24) is 19.9 Å². The molecule has 4 rings (SSSR count). The van der Waals surface area contributed by atoms with Crippen molar-refractivity contribution < 1.29 is 18.7 Å². The summed E-state index contributed by atoms with van der Waals surface area (Å²) in [5, 5.41) is 10.6. The summed E-state index contributed by atoms with van der Waals surface area (Å²) in [4.78, 5) is 14.9. The van der Waals surface area contributed by atoms with Gasteiger partial charge in [-0.25, -0.2) is 9.07 Å². The van der Waals surface area contributed by atoms with E-state index in [1.165, 1.54) is 35.6 Å². The fourth-order valence-corrected chi connectivity index (χ4v) is 3.47. The van der Waals surface area contributed by atoms with E-state index in [4.69, 9.17) is 15.2 Å².